The molecule has 0 aromatic heterocycles. The van der Waals surface area contributed by atoms with Gasteiger partial charge in [0.2, 0.25) is 5.75 Å². The first kappa shape index (κ1) is 22.3. The van der Waals surface area contributed by atoms with Gasteiger partial charge in [0.05, 0.1) is 26.4 Å². The summed E-state index contributed by atoms with van der Waals surface area (Å²) in [5.41, 5.74) is 2.31. The Labute approximate surface area is 186 Å². The molecule has 0 saturated heterocycles. The first-order valence-electron chi connectivity index (χ1n) is 9.59. The highest BCUT2D eigenvalue weighted by molar-refractivity contribution is 6.32. The van der Waals surface area contributed by atoms with Gasteiger partial charge in [0.15, 0.2) is 11.5 Å². The van der Waals surface area contributed by atoms with Crippen molar-refractivity contribution in [3.8, 4) is 23.0 Å². The number of ether oxygens (including phenoxy) is 4. The number of rotatable bonds is 9. The summed E-state index contributed by atoms with van der Waals surface area (Å²) in [5, 5.41) is 3.46. The van der Waals surface area contributed by atoms with Crippen molar-refractivity contribution in [2.45, 2.75) is 13.2 Å². The minimum atomic E-state index is -0.188. The highest BCUT2D eigenvalue weighted by Gasteiger charge is 2.14. The van der Waals surface area contributed by atoms with Gasteiger partial charge in [-0.3, -0.25) is 4.79 Å². The van der Waals surface area contributed by atoms with Gasteiger partial charge >= 0.3 is 0 Å². The molecule has 3 aromatic rings. The van der Waals surface area contributed by atoms with Gasteiger partial charge in [0.1, 0.15) is 12.4 Å². The van der Waals surface area contributed by atoms with Gasteiger partial charge in [0.25, 0.3) is 5.91 Å². The second-order valence-electron chi connectivity index (χ2n) is 6.63. The SMILES string of the molecule is COc1cc(CNC(=O)c2ccc(COc3ccccc3Cl)cc2)cc(OC)c1OC. The van der Waals surface area contributed by atoms with Gasteiger partial charge in [0, 0.05) is 12.1 Å². The molecule has 0 atom stereocenters. The molecule has 0 spiro atoms. The lowest BCUT2D eigenvalue weighted by atomic mass is 10.1. The molecule has 31 heavy (non-hydrogen) atoms. The lowest BCUT2D eigenvalue weighted by molar-refractivity contribution is 0.0950. The number of carbonyl (C=O) groups is 1. The fraction of sp³-hybridized carbons (Fsp3) is 0.208. The fourth-order valence-corrected chi connectivity index (χ4v) is 3.19. The average Bonchev–Trinajstić information content (AvgIpc) is 2.81. The first-order valence-corrected chi connectivity index (χ1v) is 9.97. The van der Waals surface area contributed by atoms with Crippen molar-refractivity contribution in [3.05, 3.63) is 82.4 Å². The largest absolute Gasteiger partial charge is 0.493 e. The Morgan fingerprint density at radius 1 is 0.839 bits per heavy atom. The predicted molar refractivity (Wildman–Crippen MR) is 119 cm³/mol. The van der Waals surface area contributed by atoms with Gasteiger partial charge in [-0.1, -0.05) is 35.9 Å². The quantitative estimate of drug-likeness (QED) is 0.513. The van der Waals surface area contributed by atoms with Gasteiger partial charge in [-0.05, 0) is 47.5 Å². The smallest absolute Gasteiger partial charge is 0.251 e. The zero-order valence-corrected chi connectivity index (χ0v) is 18.4. The van der Waals surface area contributed by atoms with Crippen molar-refractivity contribution >= 4 is 17.5 Å². The summed E-state index contributed by atoms with van der Waals surface area (Å²) in [7, 11) is 4.65. The van der Waals surface area contributed by atoms with Crippen LogP contribution in [0.1, 0.15) is 21.5 Å². The summed E-state index contributed by atoms with van der Waals surface area (Å²) in [6.07, 6.45) is 0. The van der Waals surface area contributed by atoms with Crippen LogP contribution in [0.25, 0.3) is 0 Å². The summed E-state index contributed by atoms with van der Waals surface area (Å²) in [6.45, 7) is 0.671. The Balaban J connectivity index is 1.60. The molecule has 0 aliphatic rings. The summed E-state index contributed by atoms with van der Waals surface area (Å²) in [4.78, 5) is 12.5. The number of carbonyl (C=O) groups excluding carboxylic acids is 1. The van der Waals surface area contributed by atoms with Crippen LogP contribution in [0.3, 0.4) is 0 Å². The molecule has 0 radical (unpaired) electrons. The van der Waals surface area contributed by atoms with E-state index in [1.807, 2.05) is 30.3 Å². The number of amides is 1. The third-order valence-corrected chi connectivity index (χ3v) is 4.94. The van der Waals surface area contributed by atoms with Crippen molar-refractivity contribution in [3.63, 3.8) is 0 Å². The fourth-order valence-electron chi connectivity index (χ4n) is 3.00. The van der Waals surface area contributed by atoms with Crippen molar-refractivity contribution in [1.29, 1.82) is 0 Å². The van der Waals surface area contributed by atoms with E-state index in [4.69, 9.17) is 30.5 Å². The zero-order valence-electron chi connectivity index (χ0n) is 17.6. The zero-order chi connectivity index (χ0) is 22.2. The van der Waals surface area contributed by atoms with Crippen LogP contribution in [0.5, 0.6) is 23.0 Å². The molecule has 0 fully saturated rings. The van der Waals surface area contributed by atoms with E-state index in [-0.39, 0.29) is 5.91 Å². The van der Waals surface area contributed by atoms with Crippen molar-refractivity contribution in [2.75, 3.05) is 21.3 Å². The Morgan fingerprint density at radius 2 is 1.48 bits per heavy atom. The first-order chi connectivity index (χ1) is 15.0. The maximum absolute atomic E-state index is 12.5. The number of nitrogens with one attached hydrogen (secondary N) is 1. The Bertz CT molecular complexity index is 1010. The second kappa shape index (κ2) is 10.6. The molecule has 6 nitrogen and oxygen atoms in total. The van der Waals surface area contributed by atoms with Crippen LogP contribution in [-0.2, 0) is 13.2 Å². The van der Waals surface area contributed by atoms with E-state index in [9.17, 15) is 4.79 Å². The maximum atomic E-state index is 12.5. The van der Waals surface area contributed by atoms with Crippen LogP contribution in [0.4, 0.5) is 0 Å². The van der Waals surface area contributed by atoms with Crippen LogP contribution >= 0.6 is 11.6 Å². The summed E-state index contributed by atoms with van der Waals surface area (Å²) in [6, 6.07) is 18.1. The standard InChI is InChI=1S/C24H24ClNO5/c1-28-21-12-17(13-22(29-2)23(21)30-3)14-26-24(27)18-10-8-16(9-11-18)15-31-20-7-5-4-6-19(20)25/h4-13H,14-15H2,1-3H3,(H,26,27). The number of benzene rings is 3. The molecule has 1 N–H and O–H groups in total. The van der Waals surface area contributed by atoms with Gasteiger partial charge < -0.3 is 24.3 Å². The lowest BCUT2D eigenvalue weighted by Gasteiger charge is -2.14. The number of para-hydroxylation sites is 1. The third-order valence-electron chi connectivity index (χ3n) is 4.62. The maximum Gasteiger partial charge on any atom is 0.251 e. The number of halogens is 1. The molecule has 0 unspecified atom stereocenters. The summed E-state index contributed by atoms with van der Waals surface area (Å²) >= 11 is 6.10. The average molecular weight is 442 g/mol. The molecule has 162 valence electrons. The van der Waals surface area contributed by atoms with Crippen molar-refractivity contribution in [2.24, 2.45) is 0 Å². The highest BCUT2D eigenvalue weighted by atomic mass is 35.5. The Kier molecular flexibility index (Phi) is 7.62. The van der Waals surface area contributed by atoms with E-state index in [0.29, 0.717) is 46.7 Å². The van der Waals surface area contributed by atoms with Crippen LogP contribution in [0.2, 0.25) is 5.02 Å². The minimum Gasteiger partial charge on any atom is -0.493 e. The van der Waals surface area contributed by atoms with Gasteiger partial charge in [-0.25, -0.2) is 0 Å². The van der Waals surface area contributed by atoms with Crippen LogP contribution in [-0.4, -0.2) is 27.2 Å². The Hall–Kier alpha value is -3.38. The molecule has 0 saturated carbocycles. The van der Waals surface area contributed by atoms with Crippen LogP contribution < -0.4 is 24.3 Å². The Morgan fingerprint density at radius 3 is 2.06 bits per heavy atom. The number of methoxy groups -OCH3 is 3. The minimum absolute atomic E-state index is 0.188. The van der Waals surface area contributed by atoms with Crippen LogP contribution in [0.15, 0.2) is 60.7 Å². The van der Waals surface area contributed by atoms with Crippen molar-refractivity contribution in [1.82, 2.24) is 5.32 Å². The lowest BCUT2D eigenvalue weighted by Crippen LogP contribution is -2.22. The van der Waals surface area contributed by atoms with E-state index in [2.05, 4.69) is 5.32 Å². The summed E-state index contributed by atoms with van der Waals surface area (Å²) < 4.78 is 21.7. The third kappa shape index (κ3) is 5.61. The monoisotopic (exact) mass is 441 g/mol. The van der Waals surface area contributed by atoms with Crippen molar-refractivity contribution < 1.29 is 23.7 Å². The molecule has 0 aliphatic carbocycles. The second-order valence-corrected chi connectivity index (χ2v) is 7.04. The topological polar surface area (TPSA) is 66.0 Å². The normalized spacial score (nSPS) is 10.3. The van der Waals surface area contributed by atoms with Gasteiger partial charge in [-0.2, -0.15) is 0 Å². The highest BCUT2D eigenvalue weighted by Crippen LogP contribution is 2.38. The summed E-state index contributed by atoms with van der Waals surface area (Å²) in [5.74, 6) is 2.02. The van der Waals surface area contributed by atoms with E-state index in [0.717, 1.165) is 11.1 Å². The van der Waals surface area contributed by atoms with E-state index >= 15 is 0 Å². The van der Waals surface area contributed by atoms with Gasteiger partial charge in [-0.15, -0.1) is 0 Å². The number of hydrogen-bond donors (Lipinski definition) is 1. The number of hydrogen-bond acceptors (Lipinski definition) is 5. The van der Waals surface area contributed by atoms with Crippen LogP contribution in [0, 0.1) is 0 Å². The van der Waals surface area contributed by atoms with E-state index in [1.165, 1.54) is 0 Å². The van der Waals surface area contributed by atoms with E-state index < -0.39 is 0 Å². The predicted octanol–water partition coefficient (Wildman–Crippen LogP) is 4.87. The molecule has 0 heterocycles. The molecule has 1 amide bonds. The molecule has 3 aromatic carbocycles. The molecule has 3 rings (SSSR count). The molecule has 0 aliphatic heterocycles. The molecular formula is C24H24ClNO5. The van der Waals surface area contributed by atoms with E-state index in [1.54, 1.807) is 51.7 Å². The molecule has 7 heteroatoms. The molecular weight excluding hydrogens is 418 g/mol. The molecule has 0 bridgehead atoms.